The minimum absolute atomic E-state index is 0.297. The highest BCUT2D eigenvalue weighted by atomic mass is 28.4. The summed E-state index contributed by atoms with van der Waals surface area (Å²) >= 11 is 0. The SMILES string of the molecule is C[C@@H](CCCCCCC=O)O[Si](C)(C)C(C)(C)C. The highest BCUT2D eigenvalue weighted by Crippen LogP contribution is 2.37. The Bertz CT molecular complexity index is 231. The molecule has 0 saturated carbocycles. The molecule has 0 bridgehead atoms. The molecule has 108 valence electrons. The van der Waals surface area contributed by atoms with Crippen LogP contribution in [0.2, 0.25) is 18.1 Å². The number of carbonyl (C=O) groups excluding carboxylic acids is 1. The largest absolute Gasteiger partial charge is 0.414 e. The third-order valence-electron chi connectivity index (χ3n) is 3.98. The van der Waals surface area contributed by atoms with Crippen molar-refractivity contribution in [2.45, 2.75) is 90.5 Å². The van der Waals surface area contributed by atoms with E-state index in [0.717, 1.165) is 25.5 Å². The van der Waals surface area contributed by atoms with Crippen molar-refractivity contribution in [1.29, 1.82) is 0 Å². The van der Waals surface area contributed by atoms with Crippen molar-refractivity contribution in [3.63, 3.8) is 0 Å². The van der Waals surface area contributed by atoms with Crippen LogP contribution in [0.4, 0.5) is 0 Å². The van der Waals surface area contributed by atoms with Gasteiger partial charge < -0.3 is 9.22 Å². The topological polar surface area (TPSA) is 26.3 Å². The summed E-state index contributed by atoms with van der Waals surface area (Å²) in [6, 6.07) is 0. The van der Waals surface area contributed by atoms with Crippen molar-refractivity contribution in [1.82, 2.24) is 0 Å². The van der Waals surface area contributed by atoms with E-state index in [1.165, 1.54) is 19.3 Å². The van der Waals surface area contributed by atoms with Gasteiger partial charge >= 0.3 is 0 Å². The van der Waals surface area contributed by atoms with Crippen LogP contribution in [0.3, 0.4) is 0 Å². The molecule has 0 aromatic carbocycles. The molecular weight excluding hydrogens is 240 g/mol. The third kappa shape index (κ3) is 7.32. The van der Waals surface area contributed by atoms with Gasteiger partial charge in [-0.05, 0) is 37.9 Å². The van der Waals surface area contributed by atoms with Gasteiger partial charge in [0.25, 0.3) is 0 Å². The molecule has 0 aromatic rings. The van der Waals surface area contributed by atoms with E-state index < -0.39 is 8.32 Å². The quantitative estimate of drug-likeness (QED) is 0.338. The maximum atomic E-state index is 10.2. The van der Waals surface area contributed by atoms with Gasteiger partial charge in [-0.2, -0.15) is 0 Å². The number of hydrogen-bond acceptors (Lipinski definition) is 2. The lowest BCUT2D eigenvalue weighted by Gasteiger charge is -2.38. The second-order valence-corrected chi connectivity index (χ2v) is 11.6. The maximum absolute atomic E-state index is 10.2. The Morgan fingerprint density at radius 2 is 1.67 bits per heavy atom. The molecule has 18 heavy (non-hydrogen) atoms. The molecule has 0 heterocycles. The predicted octanol–water partition coefficient (Wildman–Crippen LogP) is 4.94. The molecule has 0 aromatic heterocycles. The van der Waals surface area contributed by atoms with Gasteiger partial charge in [0, 0.05) is 12.5 Å². The molecule has 0 aliphatic rings. The van der Waals surface area contributed by atoms with Gasteiger partial charge in [0.15, 0.2) is 8.32 Å². The number of carbonyl (C=O) groups is 1. The first-order chi connectivity index (χ1) is 8.20. The fourth-order valence-electron chi connectivity index (χ4n) is 1.75. The van der Waals surface area contributed by atoms with Crippen LogP contribution in [0.25, 0.3) is 0 Å². The molecule has 2 nitrogen and oxygen atoms in total. The highest BCUT2D eigenvalue weighted by molar-refractivity contribution is 6.74. The number of hydrogen-bond donors (Lipinski definition) is 0. The Morgan fingerprint density at radius 1 is 1.11 bits per heavy atom. The van der Waals surface area contributed by atoms with Crippen LogP contribution in [0.1, 0.15) is 66.2 Å². The zero-order valence-corrected chi connectivity index (χ0v) is 14.2. The second kappa shape index (κ2) is 8.11. The van der Waals surface area contributed by atoms with Crippen LogP contribution in [-0.2, 0) is 9.22 Å². The van der Waals surface area contributed by atoms with Crippen molar-refractivity contribution < 1.29 is 9.22 Å². The molecule has 0 spiro atoms. The van der Waals surface area contributed by atoms with E-state index in [0.29, 0.717) is 11.1 Å². The Balaban J connectivity index is 3.77. The fourth-order valence-corrected chi connectivity index (χ4v) is 3.23. The molecule has 1 atom stereocenters. The first-order valence-electron chi connectivity index (χ1n) is 7.32. The molecule has 0 unspecified atom stereocenters. The molecule has 0 rings (SSSR count). The number of aldehydes is 1. The zero-order chi connectivity index (χ0) is 14.2. The van der Waals surface area contributed by atoms with Gasteiger partial charge in [0.05, 0.1) is 0 Å². The summed E-state index contributed by atoms with van der Waals surface area (Å²) in [6.45, 7) is 13.7. The third-order valence-corrected chi connectivity index (χ3v) is 8.59. The monoisotopic (exact) mass is 272 g/mol. The summed E-state index contributed by atoms with van der Waals surface area (Å²) in [5, 5.41) is 0.297. The van der Waals surface area contributed by atoms with E-state index in [2.05, 4.69) is 40.8 Å². The lowest BCUT2D eigenvalue weighted by atomic mass is 10.1. The molecule has 0 saturated heterocycles. The van der Waals surface area contributed by atoms with Crippen molar-refractivity contribution in [2.24, 2.45) is 0 Å². The molecule has 0 fully saturated rings. The summed E-state index contributed by atoms with van der Waals surface area (Å²) in [5.41, 5.74) is 0. The van der Waals surface area contributed by atoms with Gasteiger partial charge in [0.1, 0.15) is 6.29 Å². The maximum Gasteiger partial charge on any atom is 0.192 e. The van der Waals surface area contributed by atoms with Crippen molar-refractivity contribution >= 4 is 14.6 Å². The number of rotatable bonds is 9. The lowest BCUT2D eigenvalue weighted by Crippen LogP contribution is -2.43. The summed E-state index contributed by atoms with van der Waals surface area (Å²) in [6.07, 6.45) is 7.91. The van der Waals surface area contributed by atoms with Gasteiger partial charge in [-0.1, -0.05) is 40.0 Å². The van der Waals surface area contributed by atoms with E-state index in [-0.39, 0.29) is 0 Å². The number of unbranched alkanes of at least 4 members (excludes halogenated alkanes) is 4. The average molecular weight is 273 g/mol. The van der Waals surface area contributed by atoms with Crippen LogP contribution in [0.15, 0.2) is 0 Å². The minimum Gasteiger partial charge on any atom is -0.414 e. The van der Waals surface area contributed by atoms with Crippen LogP contribution in [0, 0.1) is 0 Å². The van der Waals surface area contributed by atoms with E-state index in [9.17, 15) is 4.79 Å². The molecule has 0 amide bonds. The fraction of sp³-hybridized carbons (Fsp3) is 0.933. The first-order valence-corrected chi connectivity index (χ1v) is 10.2. The van der Waals surface area contributed by atoms with E-state index >= 15 is 0 Å². The molecule has 0 aliphatic carbocycles. The average Bonchev–Trinajstić information content (AvgIpc) is 2.20. The van der Waals surface area contributed by atoms with Crippen molar-refractivity contribution in [3.8, 4) is 0 Å². The molecule has 0 radical (unpaired) electrons. The summed E-state index contributed by atoms with van der Waals surface area (Å²) < 4.78 is 6.31. The predicted molar refractivity (Wildman–Crippen MR) is 81.5 cm³/mol. The summed E-state index contributed by atoms with van der Waals surface area (Å²) in [4.78, 5) is 10.2. The van der Waals surface area contributed by atoms with Crippen molar-refractivity contribution in [3.05, 3.63) is 0 Å². The highest BCUT2D eigenvalue weighted by Gasteiger charge is 2.38. The second-order valence-electron chi connectivity index (χ2n) is 6.85. The Hall–Kier alpha value is -0.153. The molecule has 0 aliphatic heterocycles. The van der Waals surface area contributed by atoms with E-state index in [1.807, 2.05) is 0 Å². The Morgan fingerprint density at radius 3 is 2.17 bits per heavy atom. The van der Waals surface area contributed by atoms with Gasteiger partial charge in [-0.3, -0.25) is 0 Å². The smallest absolute Gasteiger partial charge is 0.192 e. The van der Waals surface area contributed by atoms with Gasteiger partial charge in [0.2, 0.25) is 0 Å². The van der Waals surface area contributed by atoms with Crippen LogP contribution >= 0.6 is 0 Å². The Labute approximate surface area is 115 Å². The summed E-state index contributed by atoms with van der Waals surface area (Å²) in [5.74, 6) is 0. The van der Waals surface area contributed by atoms with Crippen molar-refractivity contribution in [2.75, 3.05) is 0 Å². The minimum atomic E-state index is -1.60. The van der Waals surface area contributed by atoms with E-state index in [4.69, 9.17) is 4.43 Å². The standard InChI is InChI=1S/C15H32O2Si/c1-14(12-10-8-7-9-11-13-16)17-18(5,6)15(2,3)4/h13-14H,7-12H2,1-6H3/t14-/m0/s1. The zero-order valence-electron chi connectivity index (χ0n) is 13.2. The molecule has 3 heteroatoms. The normalized spacial score (nSPS) is 14.6. The van der Waals surface area contributed by atoms with Gasteiger partial charge in [-0.15, -0.1) is 0 Å². The van der Waals surface area contributed by atoms with Crippen LogP contribution in [-0.4, -0.2) is 20.7 Å². The summed E-state index contributed by atoms with van der Waals surface area (Å²) in [7, 11) is -1.60. The van der Waals surface area contributed by atoms with Crippen LogP contribution < -0.4 is 0 Å². The molecular formula is C15H32O2Si. The van der Waals surface area contributed by atoms with Gasteiger partial charge in [-0.25, -0.2) is 0 Å². The first kappa shape index (κ1) is 17.8. The molecule has 0 N–H and O–H groups in total. The Kier molecular flexibility index (Phi) is 8.04. The lowest BCUT2D eigenvalue weighted by molar-refractivity contribution is -0.107. The van der Waals surface area contributed by atoms with Crippen LogP contribution in [0.5, 0.6) is 0 Å². The van der Waals surface area contributed by atoms with E-state index in [1.54, 1.807) is 0 Å².